The molecule has 0 amide bonds. The van der Waals surface area contributed by atoms with Gasteiger partial charge in [0.2, 0.25) is 11.6 Å². The van der Waals surface area contributed by atoms with Crippen LogP contribution in [-0.4, -0.2) is 31.5 Å². The molecule has 0 bridgehead atoms. The first-order valence-electron chi connectivity index (χ1n) is 28.2. The van der Waals surface area contributed by atoms with E-state index in [0.29, 0.717) is 22.8 Å². The van der Waals surface area contributed by atoms with Gasteiger partial charge in [0.25, 0.3) is 0 Å². The third kappa shape index (κ3) is 9.29. The first-order valence-corrected chi connectivity index (χ1v) is 28.2. The first kappa shape index (κ1) is 51.0. The lowest BCUT2D eigenvalue weighted by molar-refractivity contribution is 0.102. The zero-order chi connectivity index (χ0) is 57.5. The quantitative estimate of drug-likeness (QED) is 0.110. The lowest BCUT2D eigenvalue weighted by Gasteiger charge is -2.35. The van der Waals surface area contributed by atoms with Crippen LogP contribution in [0.1, 0.15) is 32.4 Å². The molecule has 6 heterocycles. The van der Waals surface area contributed by atoms with E-state index in [1.807, 2.05) is 84.9 Å². The molecule has 2 aliphatic heterocycles. The number of carbonyl (C=O) groups excluding carboxylic acids is 2. The second kappa shape index (κ2) is 21.8. The number of anilines is 6. The van der Waals surface area contributed by atoms with E-state index < -0.39 is 0 Å². The van der Waals surface area contributed by atoms with Gasteiger partial charge in [-0.2, -0.15) is 0 Å². The maximum absolute atomic E-state index is 13.5. The number of hydrogen-bond acceptors (Lipinski definition) is 10. The van der Waals surface area contributed by atoms with Crippen molar-refractivity contribution < 1.29 is 19.1 Å². The Labute approximate surface area is 496 Å². The smallest absolute Gasteiger partial charge is 0.229 e. The standard InChI is InChI=1S/C76H48N6O4/c83-75(61-25-13-15-41-77-61)63-39-37-53(47-79-63)49-19-17-21-51(43-49)57-46-60(56-24-2-4-28-66(56)82-69-31-7-11-35-73(69)86-74-36-12-8-32-70(74)82)58(52-22-18-20-50(44-52)54-38-40-64(80-48-54)76(84)62-26-14-16-42-78-62)45-59(57)55-23-1-3-27-65(55)81-67-29-5-9-33-71(67)85-72-34-10-6-30-68(72)81/h1-48H. The molecule has 9 aromatic carbocycles. The minimum Gasteiger partial charge on any atom is -0.453 e. The second-order valence-corrected chi connectivity index (χ2v) is 20.8. The maximum Gasteiger partial charge on any atom is 0.229 e. The van der Waals surface area contributed by atoms with Crippen molar-refractivity contribution in [2.75, 3.05) is 9.80 Å². The molecule has 0 aliphatic carbocycles. The summed E-state index contributed by atoms with van der Waals surface area (Å²) in [5.74, 6) is 2.49. The molecule has 13 aromatic rings. The summed E-state index contributed by atoms with van der Waals surface area (Å²) in [6.45, 7) is 0. The zero-order valence-corrected chi connectivity index (χ0v) is 46.0. The summed E-state index contributed by atoms with van der Waals surface area (Å²) in [6.07, 6.45) is 6.74. The highest BCUT2D eigenvalue weighted by Gasteiger charge is 2.31. The monoisotopic (exact) mass is 1110 g/mol. The highest BCUT2D eigenvalue weighted by Crippen LogP contribution is 2.56. The van der Waals surface area contributed by atoms with Gasteiger partial charge in [0.1, 0.15) is 22.8 Å². The molecule has 4 aromatic heterocycles. The molecule has 0 atom stereocenters. The topological polar surface area (TPSA) is 111 Å². The summed E-state index contributed by atoms with van der Waals surface area (Å²) in [7, 11) is 0. The number of ether oxygens (including phenoxy) is 2. The first-order chi connectivity index (χ1) is 42.5. The van der Waals surface area contributed by atoms with Gasteiger partial charge in [-0.05, 0) is 166 Å². The zero-order valence-electron chi connectivity index (χ0n) is 46.0. The Morgan fingerprint density at radius 2 is 0.593 bits per heavy atom. The van der Waals surface area contributed by atoms with Crippen molar-refractivity contribution in [3.05, 3.63) is 314 Å². The van der Waals surface area contributed by atoms with Crippen molar-refractivity contribution in [3.63, 3.8) is 0 Å². The molecule has 10 heteroatoms. The van der Waals surface area contributed by atoms with E-state index in [1.54, 1.807) is 73.3 Å². The number of ketones is 2. The molecule has 406 valence electrons. The molecule has 86 heavy (non-hydrogen) atoms. The van der Waals surface area contributed by atoms with Crippen LogP contribution in [0.3, 0.4) is 0 Å². The number of fused-ring (bicyclic) bond motifs is 4. The molecule has 0 fully saturated rings. The number of nitrogens with zero attached hydrogens (tertiary/aromatic N) is 6. The van der Waals surface area contributed by atoms with Gasteiger partial charge in [-0.25, -0.2) is 0 Å². The average Bonchev–Trinajstić information content (AvgIpc) is 1.36. The van der Waals surface area contributed by atoms with E-state index in [0.717, 1.165) is 124 Å². The van der Waals surface area contributed by atoms with Crippen LogP contribution in [0.4, 0.5) is 34.1 Å². The number of rotatable bonds is 12. The number of aromatic nitrogens is 4. The van der Waals surface area contributed by atoms with Gasteiger partial charge in [-0.15, -0.1) is 0 Å². The molecular formula is C76H48N6O4. The predicted molar refractivity (Wildman–Crippen MR) is 340 cm³/mol. The highest BCUT2D eigenvalue weighted by atomic mass is 16.5. The van der Waals surface area contributed by atoms with Gasteiger partial charge in [-0.3, -0.25) is 29.5 Å². The normalized spacial score (nSPS) is 12.0. The molecule has 2 aliphatic rings. The van der Waals surface area contributed by atoms with Gasteiger partial charge in [-0.1, -0.05) is 146 Å². The van der Waals surface area contributed by atoms with Crippen LogP contribution in [0.25, 0.3) is 66.8 Å². The Hall–Kier alpha value is -11.9. The Bertz CT molecular complexity index is 4370. The summed E-state index contributed by atoms with van der Waals surface area (Å²) in [6, 6.07) is 89.5. The summed E-state index contributed by atoms with van der Waals surface area (Å²) < 4.78 is 13.2. The largest absolute Gasteiger partial charge is 0.453 e. The summed E-state index contributed by atoms with van der Waals surface area (Å²) in [5, 5.41) is 0. The Balaban J connectivity index is 0.973. The van der Waals surface area contributed by atoms with Crippen LogP contribution in [0.5, 0.6) is 23.0 Å². The van der Waals surface area contributed by atoms with Crippen LogP contribution in [-0.2, 0) is 0 Å². The molecular weight excluding hydrogens is 1060 g/mol. The number of hydrogen-bond donors (Lipinski definition) is 0. The van der Waals surface area contributed by atoms with Gasteiger partial charge in [0, 0.05) is 47.0 Å². The lowest BCUT2D eigenvalue weighted by Crippen LogP contribution is -2.16. The number of benzene rings is 9. The summed E-state index contributed by atoms with van der Waals surface area (Å²) >= 11 is 0. The SMILES string of the molecule is O=C(c1ccccn1)c1ccc(-c2cccc(-c3cc(-c4ccccc4N4c5ccccc5Oc5ccccc54)c(-c4cccc(-c5ccc(C(=O)c6ccccn6)nc5)c4)cc3-c3ccccc3N3c4ccccc4Oc4ccccc43)c2)cn1. The molecule has 0 spiro atoms. The van der Waals surface area contributed by atoms with Crippen molar-refractivity contribution in [1.29, 1.82) is 0 Å². The molecule has 0 unspecified atom stereocenters. The average molecular weight is 1110 g/mol. The summed E-state index contributed by atoms with van der Waals surface area (Å²) in [4.78, 5) is 49.6. The van der Waals surface area contributed by atoms with Gasteiger partial charge in [0.15, 0.2) is 23.0 Å². The van der Waals surface area contributed by atoms with Crippen LogP contribution in [0, 0.1) is 0 Å². The molecule has 0 radical (unpaired) electrons. The minimum absolute atomic E-state index is 0.245. The molecule has 15 rings (SSSR count). The van der Waals surface area contributed by atoms with Crippen molar-refractivity contribution in [3.8, 4) is 89.8 Å². The van der Waals surface area contributed by atoms with E-state index in [1.165, 1.54) is 0 Å². The van der Waals surface area contributed by atoms with E-state index in [9.17, 15) is 9.59 Å². The maximum atomic E-state index is 13.5. The third-order valence-corrected chi connectivity index (χ3v) is 15.7. The van der Waals surface area contributed by atoms with E-state index >= 15 is 0 Å². The molecule has 0 saturated carbocycles. The second-order valence-electron chi connectivity index (χ2n) is 20.8. The van der Waals surface area contributed by atoms with Gasteiger partial charge >= 0.3 is 0 Å². The fourth-order valence-electron chi connectivity index (χ4n) is 11.6. The fraction of sp³-hybridized carbons (Fsp3) is 0. The van der Waals surface area contributed by atoms with E-state index in [-0.39, 0.29) is 11.6 Å². The Morgan fingerprint density at radius 1 is 0.256 bits per heavy atom. The fourth-order valence-corrected chi connectivity index (χ4v) is 11.6. The van der Waals surface area contributed by atoms with Crippen LogP contribution in [0.15, 0.2) is 292 Å². The van der Waals surface area contributed by atoms with E-state index in [2.05, 4.69) is 153 Å². The molecule has 10 nitrogen and oxygen atoms in total. The van der Waals surface area contributed by atoms with Crippen molar-refractivity contribution in [2.45, 2.75) is 0 Å². The highest BCUT2D eigenvalue weighted by molar-refractivity contribution is 6.08. The van der Waals surface area contributed by atoms with Crippen LogP contribution in [0.2, 0.25) is 0 Å². The Kier molecular flexibility index (Phi) is 12.9. The Morgan fingerprint density at radius 3 is 0.953 bits per heavy atom. The molecule has 0 saturated heterocycles. The summed E-state index contributed by atoms with van der Waals surface area (Å²) in [5.41, 5.74) is 18.1. The number of para-hydroxylation sites is 10. The predicted octanol–water partition coefficient (Wildman–Crippen LogP) is 18.9. The van der Waals surface area contributed by atoms with Crippen LogP contribution >= 0.6 is 0 Å². The molecule has 0 N–H and O–H groups in total. The third-order valence-electron chi connectivity index (χ3n) is 15.7. The number of carbonyl (C=O) groups is 2. The van der Waals surface area contributed by atoms with Gasteiger partial charge < -0.3 is 19.3 Å². The van der Waals surface area contributed by atoms with E-state index in [4.69, 9.17) is 19.4 Å². The lowest BCUT2D eigenvalue weighted by atomic mass is 9.83. The van der Waals surface area contributed by atoms with Crippen LogP contribution < -0.4 is 19.3 Å². The van der Waals surface area contributed by atoms with Crippen molar-refractivity contribution >= 4 is 45.7 Å². The number of pyridine rings is 4. The van der Waals surface area contributed by atoms with Crippen molar-refractivity contribution in [2.24, 2.45) is 0 Å². The van der Waals surface area contributed by atoms with Crippen molar-refractivity contribution in [1.82, 2.24) is 19.9 Å². The minimum atomic E-state index is -0.245. The van der Waals surface area contributed by atoms with Gasteiger partial charge in [0.05, 0.1) is 34.1 Å².